The highest BCUT2D eigenvalue weighted by molar-refractivity contribution is 5.83. The van der Waals surface area contributed by atoms with Crippen LogP contribution in [0, 0.1) is 10.1 Å². The molecule has 0 bridgehead atoms. The Balaban J connectivity index is 3.18. The van der Waals surface area contributed by atoms with Crippen LogP contribution in [0.3, 0.4) is 0 Å². The predicted molar refractivity (Wildman–Crippen MR) is 70.0 cm³/mol. The summed E-state index contributed by atoms with van der Waals surface area (Å²) in [5, 5.41) is 10.9. The van der Waals surface area contributed by atoms with Gasteiger partial charge < -0.3 is 9.47 Å². The largest absolute Gasteiger partial charge is 0.493 e. The van der Waals surface area contributed by atoms with Crippen LogP contribution >= 0.6 is 0 Å². The number of carbonyl (C=O) groups is 1. The molecule has 0 heterocycles. The quantitative estimate of drug-likeness (QED) is 0.431. The van der Waals surface area contributed by atoms with Crippen LogP contribution in [-0.2, 0) is 0 Å². The molecule has 104 valence electrons. The summed E-state index contributed by atoms with van der Waals surface area (Å²) in [6.45, 7) is 3.90. The highest BCUT2D eigenvalue weighted by atomic mass is 16.6. The Labute approximate surface area is 111 Å². The number of hydrogen-bond acceptors (Lipinski definition) is 5. The topological polar surface area (TPSA) is 78.7 Å². The molecule has 0 radical (unpaired) electrons. The number of nitro benzene ring substituents is 1. The van der Waals surface area contributed by atoms with Gasteiger partial charge in [-0.15, -0.1) is 0 Å². The SMILES string of the molecule is CCCC(C)Oc1cc([N+](=O)[O-])c(C=O)cc1OC. The number of methoxy groups -OCH3 is 1. The second-order valence-electron chi connectivity index (χ2n) is 4.15. The molecule has 1 unspecified atom stereocenters. The van der Waals surface area contributed by atoms with Crippen LogP contribution in [0.1, 0.15) is 37.0 Å². The van der Waals surface area contributed by atoms with Crippen molar-refractivity contribution in [3.8, 4) is 11.5 Å². The van der Waals surface area contributed by atoms with Crippen molar-refractivity contribution in [2.45, 2.75) is 32.8 Å². The monoisotopic (exact) mass is 267 g/mol. The molecule has 1 aromatic carbocycles. The molecule has 0 aliphatic heterocycles. The van der Waals surface area contributed by atoms with Crippen molar-refractivity contribution in [1.82, 2.24) is 0 Å². The maximum absolute atomic E-state index is 10.9. The standard InChI is InChI=1S/C13H17NO5/c1-4-5-9(2)19-13-7-11(14(16)17)10(8-15)6-12(13)18-3/h6-9H,4-5H2,1-3H3. The zero-order chi connectivity index (χ0) is 14.4. The van der Waals surface area contributed by atoms with E-state index in [1.54, 1.807) is 0 Å². The van der Waals surface area contributed by atoms with E-state index in [-0.39, 0.29) is 23.1 Å². The van der Waals surface area contributed by atoms with Crippen molar-refractivity contribution < 1.29 is 19.2 Å². The number of nitro groups is 1. The summed E-state index contributed by atoms with van der Waals surface area (Å²) in [5.74, 6) is 0.594. The number of carbonyl (C=O) groups excluding carboxylic acids is 1. The van der Waals surface area contributed by atoms with Gasteiger partial charge in [0.2, 0.25) is 0 Å². The molecule has 0 fully saturated rings. The summed E-state index contributed by atoms with van der Waals surface area (Å²) in [5.41, 5.74) is -0.313. The van der Waals surface area contributed by atoms with E-state index >= 15 is 0 Å². The minimum Gasteiger partial charge on any atom is -0.493 e. The summed E-state index contributed by atoms with van der Waals surface area (Å²) in [6.07, 6.45) is 2.12. The maximum Gasteiger partial charge on any atom is 0.283 e. The lowest BCUT2D eigenvalue weighted by molar-refractivity contribution is -0.385. The lowest BCUT2D eigenvalue weighted by atomic mass is 10.1. The number of rotatable bonds is 7. The first-order chi connectivity index (χ1) is 9.03. The average molecular weight is 267 g/mol. The van der Waals surface area contributed by atoms with Gasteiger partial charge in [0, 0.05) is 6.07 Å². The molecular formula is C13H17NO5. The number of aldehydes is 1. The fourth-order valence-corrected chi connectivity index (χ4v) is 1.75. The fraction of sp³-hybridized carbons (Fsp3) is 0.462. The second kappa shape index (κ2) is 6.72. The molecular weight excluding hydrogens is 250 g/mol. The zero-order valence-corrected chi connectivity index (χ0v) is 11.2. The van der Waals surface area contributed by atoms with Crippen LogP contribution in [0.25, 0.3) is 0 Å². The van der Waals surface area contributed by atoms with E-state index in [1.165, 1.54) is 19.2 Å². The van der Waals surface area contributed by atoms with Crippen LogP contribution in [0.15, 0.2) is 12.1 Å². The van der Waals surface area contributed by atoms with Crippen LogP contribution in [0.2, 0.25) is 0 Å². The van der Waals surface area contributed by atoms with Crippen LogP contribution in [0.4, 0.5) is 5.69 Å². The van der Waals surface area contributed by atoms with E-state index in [9.17, 15) is 14.9 Å². The van der Waals surface area contributed by atoms with Gasteiger partial charge in [0.15, 0.2) is 17.8 Å². The first-order valence-corrected chi connectivity index (χ1v) is 6.01. The first-order valence-electron chi connectivity index (χ1n) is 6.01. The molecule has 1 aromatic rings. The van der Waals surface area contributed by atoms with Crippen LogP contribution in [-0.4, -0.2) is 24.4 Å². The van der Waals surface area contributed by atoms with Gasteiger partial charge in [-0.3, -0.25) is 14.9 Å². The first kappa shape index (κ1) is 14.9. The molecule has 6 heteroatoms. The molecule has 1 rings (SSSR count). The Morgan fingerprint density at radius 2 is 2.11 bits per heavy atom. The van der Waals surface area contributed by atoms with E-state index < -0.39 is 4.92 Å². The van der Waals surface area contributed by atoms with Crippen molar-refractivity contribution in [2.24, 2.45) is 0 Å². The molecule has 1 atom stereocenters. The zero-order valence-electron chi connectivity index (χ0n) is 11.2. The molecule has 0 aliphatic rings. The van der Waals surface area contributed by atoms with Gasteiger partial charge in [-0.2, -0.15) is 0 Å². The van der Waals surface area contributed by atoms with Gasteiger partial charge >= 0.3 is 0 Å². The minimum absolute atomic E-state index is 0.0302. The van der Waals surface area contributed by atoms with Crippen molar-refractivity contribution in [1.29, 1.82) is 0 Å². The Hall–Kier alpha value is -2.11. The third-order valence-corrected chi connectivity index (χ3v) is 2.66. The summed E-state index contributed by atoms with van der Waals surface area (Å²) in [6, 6.07) is 2.55. The number of nitrogens with zero attached hydrogens (tertiary/aromatic N) is 1. The summed E-state index contributed by atoms with van der Waals surface area (Å²) >= 11 is 0. The molecule has 0 saturated carbocycles. The van der Waals surface area contributed by atoms with E-state index in [4.69, 9.17) is 9.47 Å². The van der Waals surface area contributed by atoms with E-state index in [0.29, 0.717) is 12.0 Å². The second-order valence-corrected chi connectivity index (χ2v) is 4.15. The number of hydrogen-bond donors (Lipinski definition) is 0. The van der Waals surface area contributed by atoms with E-state index in [2.05, 4.69) is 0 Å². The molecule has 0 amide bonds. The molecule has 0 aliphatic carbocycles. The Bertz CT molecular complexity index is 472. The van der Waals surface area contributed by atoms with Crippen LogP contribution in [0.5, 0.6) is 11.5 Å². The van der Waals surface area contributed by atoms with Crippen molar-refractivity contribution in [2.75, 3.05) is 7.11 Å². The predicted octanol–water partition coefficient (Wildman–Crippen LogP) is 2.98. The van der Waals surface area contributed by atoms with Gasteiger partial charge in [0.05, 0.1) is 29.8 Å². The van der Waals surface area contributed by atoms with E-state index in [1.807, 2.05) is 13.8 Å². The maximum atomic E-state index is 10.9. The molecule has 0 N–H and O–H groups in total. The minimum atomic E-state index is -0.611. The Morgan fingerprint density at radius 3 is 2.58 bits per heavy atom. The Morgan fingerprint density at radius 1 is 1.42 bits per heavy atom. The highest BCUT2D eigenvalue weighted by Crippen LogP contribution is 2.34. The summed E-state index contributed by atoms with van der Waals surface area (Å²) in [4.78, 5) is 21.1. The van der Waals surface area contributed by atoms with Gasteiger partial charge in [-0.1, -0.05) is 13.3 Å². The van der Waals surface area contributed by atoms with Crippen molar-refractivity contribution in [3.63, 3.8) is 0 Å². The molecule has 0 saturated heterocycles. The van der Waals surface area contributed by atoms with Crippen LogP contribution < -0.4 is 9.47 Å². The van der Waals surface area contributed by atoms with Gasteiger partial charge in [0.1, 0.15) is 0 Å². The van der Waals surface area contributed by atoms with Gasteiger partial charge in [-0.25, -0.2) is 0 Å². The van der Waals surface area contributed by atoms with Crippen molar-refractivity contribution >= 4 is 12.0 Å². The molecule has 6 nitrogen and oxygen atoms in total. The van der Waals surface area contributed by atoms with Gasteiger partial charge in [-0.05, 0) is 13.3 Å². The van der Waals surface area contributed by atoms with E-state index in [0.717, 1.165) is 12.8 Å². The third kappa shape index (κ3) is 3.67. The van der Waals surface area contributed by atoms with Gasteiger partial charge in [0.25, 0.3) is 5.69 Å². The smallest absolute Gasteiger partial charge is 0.283 e. The molecule has 0 aromatic heterocycles. The Kier molecular flexibility index (Phi) is 5.29. The lowest BCUT2D eigenvalue weighted by Crippen LogP contribution is -2.12. The third-order valence-electron chi connectivity index (χ3n) is 2.66. The summed E-state index contributed by atoms with van der Waals surface area (Å²) < 4.78 is 10.7. The number of ether oxygens (including phenoxy) is 2. The average Bonchev–Trinajstić information content (AvgIpc) is 2.38. The number of benzene rings is 1. The van der Waals surface area contributed by atoms with Crippen molar-refractivity contribution in [3.05, 3.63) is 27.8 Å². The molecule has 19 heavy (non-hydrogen) atoms. The molecule has 0 spiro atoms. The fourth-order valence-electron chi connectivity index (χ4n) is 1.75. The summed E-state index contributed by atoms with van der Waals surface area (Å²) in [7, 11) is 1.42. The lowest BCUT2D eigenvalue weighted by Gasteiger charge is -2.16. The normalized spacial score (nSPS) is 11.7. The highest BCUT2D eigenvalue weighted by Gasteiger charge is 2.20.